The van der Waals surface area contributed by atoms with E-state index in [0.717, 1.165) is 6.42 Å². The highest BCUT2D eigenvalue weighted by Gasteiger charge is 2.23. The van der Waals surface area contributed by atoms with Crippen LogP contribution in [0.3, 0.4) is 0 Å². The van der Waals surface area contributed by atoms with Gasteiger partial charge in [-0.15, -0.1) is 0 Å². The summed E-state index contributed by atoms with van der Waals surface area (Å²) in [6.45, 7) is 7.05. The van der Waals surface area contributed by atoms with Crippen molar-refractivity contribution < 1.29 is 28.2 Å². The Balaban J connectivity index is 0.000000718. The van der Waals surface area contributed by atoms with Gasteiger partial charge in [-0.3, -0.25) is 9.59 Å². The average molecular weight is 477 g/mol. The number of carbonyl (C=O) groups excluding carboxylic acids is 2. The largest absolute Gasteiger partial charge is 0.433 e. The van der Waals surface area contributed by atoms with Crippen LogP contribution < -0.4 is 15.4 Å². The van der Waals surface area contributed by atoms with Gasteiger partial charge in [-0.05, 0) is 49.2 Å². The van der Waals surface area contributed by atoms with E-state index in [1.807, 2.05) is 6.92 Å². The van der Waals surface area contributed by atoms with Gasteiger partial charge in [0.15, 0.2) is 5.78 Å². The van der Waals surface area contributed by atoms with Crippen LogP contribution in [0.4, 0.5) is 26.0 Å². The van der Waals surface area contributed by atoms with Gasteiger partial charge in [0.2, 0.25) is 5.91 Å². The lowest BCUT2D eigenvalue weighted by Gasteiger charge is -2.17. The predicted molar refractivity (Wildman–Crippen MR) is 128 cm³/mol. The molecule has 0 aliphatic carbocycles. The molecule has 0 spiro atoms. The van der Waals surface area contributed by atoms with Crippen molar-refractivity contribution >= 4 is 34.6 Å². The van der Waals surface area contributed by atoms with Gasteiger partial charge in [0.1, 0.15) is 18.2 Å². The van der Waals surface area contributed by atoms with E-state index < -0.39 is 18.6 Å². The number of ketones is 1. The first kappa shape index (κ1) is 28.4. The topological polar surface area (TPSA) is 124 Å². The minimum atomic E-state index is -3.28. The Labute approximate surface area is 197 Å². The number of aromatic nitrogens is 1. The molecule has 1 aromatic heterocycles. The number of allylic oxidation sites excluding steroid dienone is 1. The summed E-state index contributed by atoms with van der Waals surface area (Å²) in [5.74, 6) is -0.152. The van der Waals surface area contributed by atoms with Crippen LogP contribution in [-0.2, 0) is 9.59 Å². The lowest BCUT2D eigenvalue weighted by molar-refractivity contribution is -0.158. The number of halogens is 2. The standard InChI is InChI=1S/C18H20F2N4O3.C6H10O/c1-3-13(21)16-14(24-15(26)10-25)8-9-22-17(16)23-11-4-6-12(7-5-11)27-18(2,19)20;1-3-5-6(7)4-2/h4-9,21,25H,3,10H2,1-2H3,(H2,22,23,24,26);4H,2-3,5H2,1H3. The van der Waals surface area contributed by atoms with Crippen LogP contribution in [0.15, 0.2) is 49.2 Å². The molecule has 0 fully saturated rings. The van der Waals surface area contributed by atoms with E-state index in [0.29, 0.717) is 42.5 Å². The van der Waals surface area contributed by atoms with E-state index >= 15 is 0 Å². The number of carbonyl (C=O) groups is 2. The first-order chi connectivity index (χ1) is 16.0. The van der Waals surface area contributed by atoms with E-state index in [1.165, 1.54) is 42.6 Å². The molecular formula is C24H30F2N4O4. The molecule has 8 nitrogen and oxygen atoms in total. The van der Waals surface area contributed by atoms with Crippen LogP contribution in [0.25, 0.3) is 0 Å². The Bertz CT molecular complexity index is 989. The number of hydrogen-bond acceptors (Lipinski definition) is 7. The lowest BCUT2D eigenvalue weighted by atomic mass is 10.1. The molecule has 4 N–H and O–H groups in total. The third-order valence-corrected chi connectivity index (χ3v) is 4.16. The van der Waals surface area contributed by atoms with E-state index in [4.69, 9.17) is 10.5 Å². The molecule has 2 aromatic rings. The van der Waals surface area contributed by atoms with Gasteiger partial charge in [0.25, 0.3) is 0 Å². The molecule has 0 atom stereocenters. The molecule has 0 aliphatic heterocycles. The predicted octanol–water partition coefficient (Wildman–Crippen LogP) is 5.07. The van der Waals surface area contributed by atoms with E-state index in [9.17, 15) is 18.4 Å². The Morgan fingerprint density at radius 3 is 2.35 bits per heavy atom. The molecule has 184 valence electrons. The maximum absolute atomic E-state index is 12.9. The molecule has 0 saturated carbocycles. The van der Waals surface area contributed by atoms with Crippen molar-refractivity contribution in [3.8, 4) is 5.75 Å². The number of anilines is 3. The first-order valence-corrected chi connectivity index (χ1v) is 10.6. The smallest absolute Gasteiger partial charge is 0.394 e. The highest BCUT2D eigenvalue weighted by molar-refractivity contribution is 6.10. The minimum absolute atomic E-state index is 0.00601. The van der Waals surface area contributed by atoms with Crippen molar-refractivity contribution in [3.63, 3.8) is 0 Å². The summed E-state index contributed by atoms with van der Waals surface area (Å²) in [5.41, 5.74) is 1.47. The highest BCUT2D eigenvalue weighted by atomic mass is 19.3. The second-order valence-corrected chi connectivity index (χ2v) is 7.10. The normalized spacial score (nSPS) is 10.4. The van der Waals surface area contributed by atoms with Crippen LogP contribution >= 0.6 is 0 Å². The van der Waals surface area contributed by atoms with Gasteiger partial charge < -0.3 is 25.9 Å². The summed E-state index contributed by atoms with van der Waals surface area (Å²) >= 11 is 0. The first-order valence-electron chi connectivity index (χ1n) is 10.6. The van der Waals surface area contributed by atoms with Gasteiger partial charge in [0.05, 0.1) is 11.3 Å². The Morgan fingerprint density at radius 1 is 1.24 bits per heavy atom. The van der Waals surface area contributed by atoms with Gasteiger partial charge in [-0.1, -0.05) is 20.4 Å². The van der Waals surface area contributed by atoms with E-state index in [-0.39, 0.29) is 17.2 Å². The van der Waals surface area contributed by atoms with E-state index in [1.54, 1.807) is 6.92 Å². The molecule has 1 amide bonds. The number of nitrogens with one attached hydrogen (secondary N) is 3. The van der Waals surface area contributed by atoms with Crippen molar-refractivity contribution in [1.82, 2.24) is 4.98 Å². The zero-order valence-electron chi connectivity index (χ0n) is 19.5. The average Bonchev–Trinajstić information content (AvgIpc) is 2.79. The quantitative estimate of drug-likeness (QED) is 0.265. The maximum Gasteiger partial charge on any atom is 0.394 e. The highest BCUT2D eigenvalue weighted by Crippen LogP contribution is 2.28. The second-order valence-electron chi connectivity index (χ2n) is 7.10. The van der Waals surface area contributed by atoms with Crippen LogP contribution in [0.1, 0.15) is 45.6 Å². The van der Waals surface area contributed by atoms with Gasteiger partial charge in [-0.25, -0.2) is 4.98 Å². The number of aliphatic hydroxyl groups excluding tert-OH is 1. The molecule has 0 radical (unpaired) electrons. The van der Waals surface area contributed by atoms with Gasteiger partial charge >= 0.3 is 6.11 Å². The Kier molecular flexibility index (Phi) is 11.5. The summed E-state index contributed by atoms with van der Waals surface area (Å²) in [5, 5.41) is 22.6. The molecule has 34 heavy (non-hydrogen) atoms. The number of ether oxygens (including phenoxy) is 1. The fraction of sp³-hybridized carbons (Fsp3) is 0.333. The summed E-state index contributed by atoms with van der Waals surface area (Å²) < 4.78 is 30.3. The van der Waals surface area contributed by atoms with Gasteiger partial charge in [-0.2, -0.15) is 8.78 Å². The van der Waals surface area contributed by atoms with Crippen LogP contribution in [0, 0.1) is 5.41 Å². The molecule has 10 heteroatoms. The summed E-state index contributed by atoms with van der Waals surface area (Å²) in [4.78, 5) is 26.0. The molecule has 1 aromatic carbocycles. The molecule has 0 saturated heterocycles. The van der Waals surface area contributed by atoms with E-state index in [2.05, 4.69) is 26.9 Å². The lowest BCUT2D eigenvalue weighted by Crippen LogP contribution is -2.19. The number of aliphatic hydroxyl groups is 1. The SMILES string of the molecule is C=CC(=O)CCC.CCC(=N)c1c(NC(=O)CO)ccnc1Nc1ccc(OC(C)(F)F)cc1. The Morgan fingerprint density at radius 2 is 1.88 bits per heavy atom. The number of nitrogens with zero attached hydrogens (tertiary/aromatic N) is 1. The summed E-state index contributed by atoms with van der Waals surface area (Å²) in [6.07, 6.45) is 1.48. The number of pyridine rings is 1. The number of alkyl halides is 2. The number of benzene rings is 1. The van der Waals surface area contributed by atoms with Crippen LogP contribution in [-0.4, -0.2) is 40.2 Å². The van der Waals surface area contributed by atoms with Crippen LogP contribution in [0.2, 0.25) is 0 Å². The Hall–Kier alpha value is -3.66. The molecule has 0 aliphatic rings. The van der Waals surface area contributed by atoms with Crippen molar-refractivity contribution in [3.05, 3.63) is 54.7 Å². The molecule has 0 bridgehead atoms. The fourth-order valence-electron chi connectivity index (χ4n) is 2.63. The monoisotopic (exact) mass is 476 g/mol. The summed E-state index contributed by atoms with van der Waals surface area (Å²) in [6, 6.07) is 7.34. The zero-order valence-corrected chi connectivity index (χ0v) is 19.5. The van der Waals surface area contributed by atoms with Crippen molar-refractivity contribution in [1.29, 1.82) is 5.41 Å². The van der Waals surface area contributed by atoms with Crippen molar-refractivity contribution in [2.45, 2.75) is 46.1 Å². The maximum atomic E-state index is 12.9. The van der Waals surface area contributed by atoms with Crippen LogP contribution in [0.5, 0.6) is 5.75 Å². The van der Waals surface area contributed by atoms with Crippen molar-refractivity contribution in [2.24, 2.45) is 0 Å². The fourth-order valence-corrected chi connectivity index (χ4v) is 2.63. The molecule has 1 heterocycles. The minimum Gasteiger partial charge on any atom is -0.433 e. The second kappa shape index (κ2) is 13.8. The molecular weight excluding hydrogens is 446 g/mol. The number of hydrogen-bond donors (Lipinski definition) is 4. The van der Waals surface area contributed by atoms with Crippen molar-refractivity contribution in [2.75, 3.05) is 17.2 Å². The third-order valence-electron chi connectivity index (χ3n) is 4.16. The molecule has 2 rings (SSSR count). The third kappa shape index (κ3) is 9.86. The van der Waals surface area contributed by atoms with Gasteiger partial charge in [0, 0.05) is 30.9 Å². The number of rotatable bonds is 11. The summed E-state index contributed by atoms with van der Waals surface area (Å²) in [7, 11) is 0. The molecule has 0 unspecified atom stereocenters. The number of amides is 1. The zero-order chi connectivity index (χ0) is 25.7.